The van der Waals surface area contributed by atoms with E-state index in [1.54, 1.807) is 24.3 Å². The van der Waals surface area contributed by atoms with Gasteiger partial charge in [-0.2, -0.15) is 12.6 Å². The lowest BCUT2D eigenvalue weighted by molar-refractivity contribution is 0.0337. The average Bonchev–Trinajstić information content (AvgIpc) is 2.27. The third-order valence-corrected chi connectivity index (χ3v) is 2.56. The first-order valence-corrected chi connectivity index (χ1v) is 5.27. The topological polar surface area (TPSA) is 57.5 Å². The van der Waals surface area contributed by atoms with Crippen molar-refractivity contribution in [2.24, 2.45) is 0 Å². The first kappa shape index (κ1) is 12.2. The molecule has 0 radical (unpaired) electrons. The monoisotopic (exact) mass is 226 g/mol. The summed E-state index contributed by atoms with van der Waals surface area (Å²) in [6, 6.07) is 6.61. The molecule has 4 heteroatoms. The van der Waals surface area contributed by atoms with Crippen molar-refractivity contribution in [3.8, 4) is 0 Å². The fourth-order valence-electron chi connectivity index (χ4n) is 1.26. The first-order chi connectivity index (χ1) is 7.06. The normalized spacial score (nSPS) is 14.7. The third kappa shape index (κ3) is 3.06. The van der Waals surface area contributed by atoms with Gasteiger partial charge in [0.1, 0.15) is 6.10 Å². The molecule has 0 amide bonds. The van der Waals surface area contributed by atoms with Gasteiger partial charge in [-0.25, -0.2) is 0 Å². The lowest BCUT2D eigenvalue weighted by Crippen LogP contribution is -2.19. The number of aliphatic hydroxyl groups excluding tert-OH is 2. The van der Waals surface area contributed by atoms with Gasteiger partial charge < -0.3 is 10.2 Å². The standard InChI is InChI=1S/C11H14O3S/c1-7(12)8-3-2-4-9(5-8)11(14)10(13)6-15/h2-5,10-11,13-15H,6H2,1H3. The quantitative estimate of drug-likeness (QED) is 0.534. The van der Waals surface area contributed by atoms with Gasteiger partial charge in [-0.05, 0) is 18.6 Å². The Morgan fingerprint density at radius 2 is 2.13 bits per heavy atom. The maximum atomic E-state index is 11.1. The van der Waals surface area contributed by atoms with E-state index in [0.29, 0.717) is 11.1 Å². The summed E-state index contributed by atoms with van der Waals surface area (Å²) in [4.78, 5) is 11.1. The van der Waals surface area contributed by atoms with Crippen LogP contribution in [0, 0.1) is 0 Å². The number of thiol groups is 1. The molecule has 2 N–H and O–H groups in total. The minimum atomic E-state index is -0.998. The highest BCUT2D eigenvalue weighted by Gasteiger charge is 2.17. The Labute approximate surface area is 94.2 Å². The second-order valence-corrected chi connectivity index (χ2v) is 3.74. The van der Waals surface area contributed by atoms with E-state index < -0.39 is 12.2 Å². The van der Waals surface area contributed by atoms with Crippen LogP contribution in [0.1, 0.15) is 28.9 Å². The predicted molar refractivity (Wildman–Crippen MR) is 61.3 cm³/mol. The van der Waals surface area contributed by atoms with Crippen LogP contribution in [0.3, 0.4) is 0 Å². The summed E-state index contributed by atoms with van der Waals surface area (Å²) < 4.78 is 0. The van der Waals surface area contributed by atoms with Crippen LogP contribution < -0.4 is 0 Å². The number of carbonyl (C=O) groups is 1. The second-order valence-electron chi connectivity index (χ2n) is 3.38. The van der Waals surface area contributed by atoms with E-state index in [0.717, 1.165) is 0 Å². The Morgan fingerprint density at radius 3 is 2.67 bits per heavy atom. The fraction of sp³-hybridized carbons (Fsp3) is 0.364. The van der Waals surface area contributed by atoms with Crippen molar-refractivity contribution in [3.63, 3.8) is 0 Å². The van der Waals surface area contributed by atoms with Crippen molar-refractivity contribution in [2.45, 2.75) is 19.1 Å². The van der Waals surface area contributed by atoms with Crippen LogP contribution in [-0.2, 0) is 0 Å². The van der Waals surface area contributed by atoms with Crippen molar-refractivity contribution < 1.29 is 15.0 Å². The zero-order valence-corrected chi connectivity index (χ0v) is 9.32. The first-order valence-electron chi connectivity index (χ1n) is 4.64. The summed E-state index contributed by atoms with van der Waals surface area (Å²) in [5.74, 6) is 0.107. The van der Waals surface area contributed by atoms with Crippen molar-refractivity contribution >= 4 is 18.4 Å². The number of Topliss-reactive ketones (excluding diaryl/α,β-unsaturated/α-hetero) is 1. The highest BCUT2D eigenvalue weighted by atomic mass is 32.1. The van der Waals surface area contributed by atoms with E-state index in [9.17, 15) is 15.0 Å². The maximum Gasteiger partial charge on any atom is 0.159 e. The molecule has 0 bridgehead atoms. The minimum Gasteiger partial charge on any atom is -0.389 e. The summed E-state index contributed by atoms with van der Waals surface area (Å²) in [7, 11) is 0. The average molecular weight is 226 g/mol. The van der Waals surface area contributed by atoms with Gasteiger partial charge in [-0.3, -0.25) is 4.79 Å². The van der Waals surface area contributed by atoms with Gasteiger partial charge in [-0.1, -0.05) is 18.2 Å². The number of hydrogen-bond donors (Lipinski definition) is 3. The van der Waals surface area contributed by atoms with Gasteiger partial charge in [0.2, 0.25) is 0 Å². The molecular formula is C11H14O3S. The zero-order chi connectivity index (χ0) is 11.4. The SMILES string of the molecule is CC(=O)c1cccc(C(O)C(O)CS)c1. The molecule has 0 aromatic heterocycles. The van der Waals surface area contributed by atoms with E-state index in [-0.39, 0.29) is 11.5 Å². The van der Waals surface area contributed by atoms with Gasteiger partial charge in [0.25, 0.3) is 0 Å². The predicted octanol–water partition coefficient (Wildman–Crippen LogP) is 1.21. The van der Waals surface area contributed by atoms with E-state index >= 15 is 0 Å². The fourth-order valence-corrected chi connectivity index (χ4v) is 1.46. The van der Waals surface area contributed by atoms with E-state index in [2.05, 4.69) is 12.6 Å². The molecule has 1 aromatic carbocycles. The number of carbonyl (C=O) groups excluding carboxylic acids is 1. The van der Waals surface area contributed by atoms with E-state index in [4.69, 9.17) is 0 Å². The summed E-state index contributed by atoms with van der Waals surface area (Å²) >= 11 is 3.89. The number of ketones is 1. The van der Waals surface area contributed by atoms with Crippen LogP contribution in [0.2, 0.25) is 0 Å². The van der Waals surface area contributed by atoms with Gasteiger partial charge in [-0.15, -0.1) is 0 Å². The number of benzene rings is 1. The molecule has 0 aliphatic heterocycles. The van der Waals surface area contributed by atoms with Crippen LogP contribution in [0.15, 0.2) is 24.3 Å². The largest absolute Gasteiger partial charge is 0.389 e. The Balaban J connectivity index is 2.94. The number of aliphatic hydroxyl groups is 2. The Morgan fingerprint density at radius 1 is 1.47 bits per heavy atom. The van der Waals surface area contributed by atoms with Crippen LogP contribution in [-0.4, -0.2) is 27.9 Å². The molecule has 1 aromatic rings. The Hall–Kier alpha value is -0.840. The third-order valence-electron chi connectivity index (χ3n) is 2.19. The molecule has 1 rings (SSSR count). The van der Waals surface area contributed by atoms with Crippen molar-refractivity contribution in [3.05, 3.63) is 35.4 Å². The zero-order valence-electron chi connectivity index (χ0n) is 8.42. The smallest absolute Gasteiger partial charge is 0.159 e. The lowest BCUT2D eigenvalue weighted by Gasteiger charge is -2.16. The van der Waals surface area contributed by atoms with E-state index in [1.807, 2.05) is 0 Å². The van der Waals surface area contributed by atoms with Crippen LogP contribution in [0.4, 0.5) is 0 Å². The van der Waals surface area contributed by atoms with Crippen LogP contribution >= 0.6 is 12.6 Å². The molecule has 0 spiro atoms. The molecule has 0 fully saturated rings. The van der Waals surface area contributed by atoms with Gasteiger partial charge in [0.05, 0.1) is 6.10 Å². The summed E-state index contributed by atoms with van der Waals surface area (Å²) in [6.07, 6.45) is -1.92. The molecule has 0 aliphatic rings. The molecule has 15 heavy (non-hydrogen) atoms. The van der Waals surface area contributed by atoms with Crippen molar-refractivity contribution in [1.82, 2.24) is 0 Å². The van der Waals surface area contributed by atoms with Crippen molar-refractivity contribution in [2.75, 3.05) is 5.75 Å². The van der Waals surface area contributed by atoms with Crippen molar-refractivity contribution in [1.29, 1.82) is 0 Å². The van der Waals surface area contributed by atoms with E-state index in [1.165, 1.54) is 6.92 Å². The molecule has 2 atom stereocenters. The summed E-state index contributed by atoms with van der Waals surface area (Å²) in [6.45, 7) is 1.46. The van der Waals surface area contributed by atoms with Gasteiger partial charge in [0, 0.05) is 11.3 Å². The molecule has 2 unspecified atom stereocenters. The summed E-state index contributed by atoms with van der Waals surface area (Å²) in [5, 5.41) is 19.1. The summed E-state index contributed by atoms with van der Waals surface area (Å²) in [5.41, 5.74) is 1.06. The number of rotatable bonds is 4. The Bertz CT molecular complexity index is 351. The molecule has 82 valence electrons. The van der Waals surface area contributed by atoms with Gasteiger partial charge >= 0.3 is 0 Å². The molecule has 0 saturated heterocycles. The molecular weight excluding hydrogens is 212 g/mol. The van der Waals surface area contributed by atoms with Crippen LogP contribution in [0.25, 0.3) is 0 Å². The molecule has 0 heterocycles. The van der Waals surface area contributed by atoms with Gasteiger partial charge in [0.15, 0.2) is 5.78 Å². The minimum absolute atomic E-state index is 0.0654. The highest BCUT2D eigenvalue weighted by Crippen LogP contribution is 2.19. The lowest BCUT2D eigenvalue weighted by atomic mass is 10.0. The molecule has 0 saturated carbocycles. The second kappa shape index (κ2) is 5.30. The maximum absolute atomic E-state index is 11.1. The van der Waals surface area contributed by atoms with Crippen LogP contribution in [0.5, 0.6) is 0 Å². The highest BCUT2D eigenvalue weighted by molar-refractivity contribution is 7.80. The number of hydrogen-bond acceptors (Lipinski definition) is 4. The molecule has 0 aliphatic carbocycles. The Kier molecular flexibility index (Phi) is 4.32. The molecule has 3 nitrogen and oxygen atoms in total.